The largest absolute Gasteiger partial charge is 0.391 e. The Bertz CT molecular complexity index is 992. The minimum Gasteiger partial charge on any atom is -0.391 e. The molecule has 1 saturated heterocycles. The molecule has 32 heavy (non-hydrogen) atoms. The summed E-state index contributed by atoms with van der Waals surface area (Å²) in [6, 6.07) is 12.8. The highest BCUT2D eigenvalue weighted by Crippen LogP contribution is 2.50. The molecule has 1 fully saturated rings. The van der Waals surface area contributed by atoms with Crippen molar-refractivity contribution in [1.29, 1.82) is 0 Å². The first-order chi connectivity index (χ1) is 15.2. The number of piperazine rings is 1. The number of anilines is 2. The maximum Gasteiger partial charge on any atom is 0.0802 e. The molecule has 2 atom stereocenters. The van der Waals surface area contributed by atoms with E-state index in [-0.39, 0.29) is 10.8 Å². The fraction of sp³-hybridized carbons (Fsp3) is 0.538. The van der Waals surface area contributed by atoms with Gasteiger partial charge in [0.25, 0.3) is 0 Å². The van der Waals surface area contributed by atoms with Gasteiger partial charge in [-0.2, -0.15) is 0 Å². The molecule has 2 aromatic carbocycles. The Labute approximate surface area is 195 Å². The molecule has 172 valence electrons. The zero-order chi connectivity index (χ0) is 22.7. The van der Waals surface area contributed by atoms with E-state index in [1.807, 2.05) is 0 Å². The van der Waals surface area contributed by atoms with Gasteiger partial charge in [0.05, 0.1) is 28.5 Å². The van der Waals surface area contributed by atoms with Crippen LogP contribution in [0.4, 0.5) is 11.4 Å². The molecule has 3 aliphatic rings. The predicted molar refractivity (Wildman–Crippen MR) is 133 cm³/mol. The lowest BCUT2D eigenvalue weighted by molar-refractivity contribution is 0.0566. The van der Waals surface area contributed by atoms with Crippen molar-refractivity contribution < 1.29 is 10.2 Å². The second kappa shape index (κ2) is 7.94. The van der Waals surface area contributed by atoms with Crippen molar-refractivity contribution in [3.05, 3.63) is 53.1 Å². The van der Waals surface area contributed by atoms with Crippen LogP contribution in [0.25, 0.3) is 0 Å². The standard InChI is InChI=1S/C26H35N3O2S/c1-25(2)18-9-8-17(16-19(18)26(3,4)24(25)31)21(30)10-11-28-12-14-29(15-13-28)23-20-6-5-7-22(23)32-27-20/h5-9,16,21,24,27,30-31H,10-15H2,1-4H3. The summed E-state index contributed by atoms with van der Waals surface area (Å²) < 4.78 is 3.40. The first-order valence-corrected chi connectivity index (χ1v) is 12.6. The summed E-state index contributed by atoms with van der Waals surface area (Å²) in [7, 11) is 0. The monoisotopic (exact) mass is 453 g/mol. The lowest BCUT2D eigenvalue weighted by Gasteiger charge is -2.36. The van der Waals surface area contributed by atoms with Crippen LogP contribution in [-0.4, -0.2) is 53.9 Å². The third kappa shape index (κ3) is 3.52. The first kappa shape index (κ1) is 22.1. The van der Waals surface area contributed by atoms with Gasteiger partial charge in [0, 0.05) is 43.6 Å². The minimum absolute atomic E-state index is 0.268. The number of benzene rings is 2. The lowest BCUT2D eigenvalue weighted by atomic mass is 9.78. The molecule has 0 spiro atoms. The van der Waals surface area contributed by atoms with E-state index in [4.69, 9.17) is 0 Å². The quantitative estimate of drug-likeness (QED) is 0.587. The highest BCUT2D eigenvalue weighted by atomic mass is 32.2. The van der Waals surface area contributed by atoms with Gasteiger partial charge in [-0.3, -0.25) is 4.90 Å². The second-order valence-electron chi connectivity index (χ2n) is 10.6. The van der Waals surface area contributed by atoms with Gasteiger partial charge in [0.1, 0.15) is 0 Å². The van der Waals surface area contributed by atoms with E-state index in [0.717, 1.165) is 44.7 Å². The third-order valence-corrected chi connectivity index (χ3v) is 8.73. The van der Waals surface area contributed by atoms with Gasteiger partial charge in [-0.25, -0.2) is 0 Å². The molecule has 1 aliphatic carbocycles. The number of rotatable bonds is 5. The minimum atomic E-state index is -0.481. The molecule has 2 aromatic rings. The Hall–Kier alpha value is -1.73. The van der Waals surface area contributed by atoms with E-state index in [0.29, 0.717) is 0 Å². The highest BCUT2D eigenvalue weighted by molar-refractivity contribution is 8.01. The molecule has 0 radical (unpaired) electrons. The van der Waals surface area contributed by atoms with Crippen LogP contribution in [0.5, 0.6) is 0 Å². The molecule has 5 nitrogen and oxygen atoms in total. The molecule has 3 N–H and O–H groups in total. The van der Waals surface area contributed by atoms with Crippen LogP contribution in [0.15, 0.2) is 41.3 Å². The summed E-state index contributed by atoms with van der Waals surface area (Å²) in [5.74, 6) is 0. The van der Waals surface area contributed by atoms with Gasteiger partial charge < -0.3 is 19.8 Å². The van der Waals surface area contributed by atoms with Crippen LogP contribution in [0.3, 0.4) is 0 Å². The highest BCUT2D eigenvalue weighted by Gasteiger charge is 2.50. The Balaban J connectivity index is 1.20. The summed E-state index contributed by atoms with van der Waals surface area (Å²) in [6.07, 6.45) is -0.182. The van der Waals surface area contributed by atoms with Gasteiger partial charge in [-0.15, -0.1) is 0 Å². The maximum absolute atomic E-state index is 10.9. The zero-order valence-electron chi connectivity index (χ0n) is 19.6. The van der Waals surface area contributed by atoms with Crippen molar-refractivity contribution >= 4 is 23.3 Å². The Morgan fingerprint density at radius 1 is 1.03 bits per heavy atom. The molecule has 2 unspecified atom stereocenters. The van der Waals surface area contributed by atoms with E-state index in [9.17, 15) is 10.2 Å². The van der Waals surface area contributed by atoms with E-state index < -0.39 is 12.2 Å². The average Bonchev–Trinajstić information content (AvgIpc) is 3.11. The molecule has 6 heteroatoms. The molecule has 5 rings (SSSR count). The van der Waals surface area contributed by atoms with Gasteiger partial charge >= 0.3 is 0 Å². The van der Waals surface area contributed by atoms with Crippen LogP contribution in [0.1, 0.15) is 56.9 Å². The van der Waals surface area contributed by atoms with Crippen molar-refractivity contribution in [2.45, 2.75) is 62.0 Å². The third-order valence-electron chi connectivity index (χ3n) is 7.86. The number of hydrogen-bond acceptors (Lipinski definition) is 6. The number of nitrogens with one attached hydrogen (secondary N) is 1. The van der Waals surface area contributed by atoms with Crippen molar-refractivity contribution in [1.82, 2.24) is 4.90 Å². The van der Waals surface area contributed by atoms with Gasteiger partial charge in [0.2, 0.25) is 0 Å². The van der Waals surface area contributed by atoms with E-state index in [2.05, 4.69) is 78.6 Å². The second-order valence-corrected chi connectivity index (χ2v) is 11.5. The average molecular weight is 454 g/mol. The fourth-order valence-corrected chi connectivity index (χ4v) is 6.72. The van der Waals surface area contributed by atoms with Crippen LogP contribution in [0, 0.1) is 0 Å². The van der Waals surface area contributed by atoms with Crippen LogP contribution in [-0.2, 0) is 10.8 Å². The molecule has 2 aliphatic heterocycles. The molecular formula is C26H35N3O2S. The summed E-state index contributed by atoms with van der Waals surface area (Å²) in [4.78, 5) is 6.27. The molecule has 2 bridgehead atoms. The Kier molecular flexibility index (Phi) is 5.48. The number of fused-ring (bicyclic) bond motifs is 3. The molecule has 0 aromatic heterocycles. The normalized spacial score (nSPS) is 24.3. The fourth-order valence-electron chi connectivity index (χ4n) is 5.85. The lowest BCUT2D eigenvalue weighted by Crippen LogP contribution is -2.46. The molecule has 0 saturated carbocycles. The SMILES string of the molecule is CC1(C)c2ccc(C(O)CCN3CCN(c4c5cccc4SN5)CC3)cc2C(C)(C)C1O. The number of para-hydroxylation sites is 1. The van der Waals surface area contributed by atoms with E-state index in [1.165, 1.54) is 27.4 Å². The number of hydrogen-bond donors (Lipinski definition) is 3. The summed E-state index contributed by atoms with van der Waals surface area (Å²) >= 11 is 1.71. The van der Waals surface area contributed by atoms with Crippen LogP contribution >= 0.6 is 11.9 Å². The summed E-state index contributed by atoms with van der Waals surface area (Å²) in [5, 5.41) is 21.8. The zero-order valence-corrected chi connectivity index (χ0v) is 20.4. The number of aliphatic hydroxyl groups is 2. The summed E-state index contributed by atoms with van der Waals surface area (Å²) in [6.45, 7) is 13.4. The topological polar surface area (TPSA) is 59.0 Å². The smallest absolute Gasteiger partial charge is 0.0802 e. The van der Waals surface area contributed by atoms with Gasteiger partial charge in [-0.1, -0.05) is 52.0 Å². The summed E-state index contributed by atoms with van der Waals surface area (Å²) in [5.41, 5.74) is 5.34. The molecule has 2 heterocycles. The molecule has 0 amide bonds. The predicted octanol–water partition coefficient (Wildman–Crippen LogP) is 4.29. The van der Waals surface area contributed by atoms with Gasteiger partial charge in [0.15, 0.2) is 0 Å². The maximum atomic E-state index is 10.9. The number of aliphatic hydroxyl groups excluding tert-OH is 2. The molecular weight excluding hydrogens is 418 g/mol. The van der Waals surface area contributed by atoms with Crippen LogP contribution in [0.2, 0.25) is 0 Å². The Morgan fingerprint density at radius 3 is 2.47 bits per heavy atom. The van der Waals surface area contributed by atoms with Crippen molar-refractivity contribution in [3.63, 3.8) is 0 Å². The van der Waals surface area contributed by atoms with Crippen molar-refractivity contribution in [2.24, 2.45) is 0 Å². The first-order valence-electron chi connectivity index (χ1n) is 11.7. The van der Waals surface area contributed by atoms with Crippen molar-refractivity contribution in [3.8, 4) is 0 Å². The van der Waals surface area contributed by atoms with Crippen LogP contribution < -0.4 is 9.62 Å². The number of nitrogens with zero attached hydrogens (tertiary/aromatic N) is 2. The van der Waals surface area contributed by atoms with Crippen molar-refractivity contribution in [2.75, 3.05) is 42.3 Å². The Morgan fingerprint density at radius 2 is 1.75 bits per heavy atom. The van der Waals surface area contributed by atoms with E-state index in [1.54, 1.807) is 11.9 Å². The van der Waals surface area contributed by atoms with E-state index >= 15 is 0 Å². The van der Waals surface area contributed by atoms with Gasteiger partial charge in [-0.05, 0) is 47.2 Å².